The van der Waals surface area contributed by atoms with Crippen LogP contribution < -0.4 is 0 Å². The van der Waals surface area contributed by atoms with Crippen molar-refractivity contribution in [2.24, 2.45) is 0 Å². The van der Waals surface area contributed by atoms with E-state index in [1.165, 1.54) is 30.4 Å². The Balaban J connectivity index is 1.53. The molecule has 0 aromatic rings. The Morgan fingerprint density at radius 3 is 2.62 bits per heavy atom. The first-order valence-electron chi connectivity index (χ1n) is 10.1. The summed E-state index contributed by atoms with van der Waals surface area (Å²) in [6.45, 7) is 4.51. The van der Waals surface area contributed by atoms with Crippen LogP contribution >= 0.6 is 0 Å². The van der Waals surface area contributed by atoms with E-state index in [0.717, 1.165) is 38.5 Å². The minimum Gasteiger partial charge on any atom is -0.459 e. The fourth-order valence-corrected chi connectivity index (χ4v) is 4.54. The van der Waals surface area contributed by atoms with Crippen LogP contribution in [0.15, 0.2) is 23.0 Å². The zero-order chi connectivity index (χ0) is 18.2. The topological polar surface area (TPSA) is 54.0 Å². The molecule has 0 N–H and O–H groups in total. The standard InChI is InChI=1S/C21H30O5/c1-20(2)23-13-15-8-4-5-9-17(15)18(25-20)12-16-14-24-21(26-19(16)22)10-6-3-7-11-21/h14,18H,3-13H2,1-2H3. The molecule has 5 nitrogen and oxygen atoms in total. The third-order valence-corrected chi connectivity index (χ3v) is 6.02. The van der Waals surface area contributed by atoms with Gasteiger partial charge in [0.25, 0.3) is 5.79 Å². The minimum absolute atomic E-state index is 0.148. The predicted molar refractivity (Wildman–Crippen MR) is 96.1 cm³/mol. The third kappa shape index (κ3) is 3.70. The van der Waals surface area contributed by atoms with Gasteiger partial charge in [0.1, 0.15) is 0 Å². The first-order chi connectivity index (χ1) is 12.5. The number of esters is 1. The molecule has 4 aliphatic rings. The monoisotopic (exact) mass is 362 g/mol. The molecule has 0 saturated heterocycles. The van der Waals surface area contributed by atoms with E-state index in [9.17, 15) is 4.79 Å². The Bertz CT molecular complexity index is 624. The second-order valence-corrected chi connectivity index (χ2v) is 8.46. The predicted octanol–water partition coefficient (Wildman–Crippen LogP) is 4.52. The molecule has 1 saturated carbocycles. The molecular weight excluding hydrogens is 332 g/mol. The van der Waals surface area contributed by atoms with Crippen molar-refractivity contribution in [3.63, 3.8) is 0 Å². The van der Waals surface area contributed by atoms with Gasteiger partial charge in [-0.2, -0.15) is 0 Å². The van der Waals surface area contributed by atoms with Gasteiger partial charge in [-0.3, -0.25) is 0 Å². The molecule has 1 unspecified atom stereocenters. The molecule has 2 aliphatic heterocycles. The van der Waals surface area contributed by atoms with Crippen molar-refractivity contribution in [2.75, 3.05) is 6.61 Å². The lowest BCUT2D eigenvalue weighted by Crippen LogP contribution is -2.42. The Morgan fingerprint density at radius 1 is 1.08 bits per heavy atom. The molecule has 0 bridgehead atoms. The van der Waals surface area contributed by atoms with Crippen LogP contribution in [-0.2, 0) is 23.7 Å². The van der Waals surface area contributed by atoms with Crippen LogP contribution in [0.3, 0.4) is 0 Å². The smallest absolute Gasteiger partial charge is 0.340 e. The fraction of sp³-hybridized carbons (Fsp3) is 0.762. The van der Waals surface area contributed by atoms with Gasteiger partial charge in [0.15, 0.2) is 5.79 Å². The highest BCUT2D eigenvalue weighted by molar-refractivity contribution is 5.89. The van der Waals surface area contributed by atoms with Gasteiger partial charge in [-0.1, -0.05) is 6.42 Å². The molecule has 26 heavy (non-hydrogen) atoms. The van der Waals surface area contributed by atoms with Crippen LogP contribution in [-0.4, -0.2) is 30.3 Å². The van der Waals surface area contributed by atoms with Gasteiger partial charge in [-0.05, 0) is 63.5 Å². The molecule has 0 amide bonds. The summed E-state index contributed by atoms with van der Waals surface area (Å²) in [5.41, 5.74) is 3.23. The van der Waals surface area contributed by atoms with E-state index in [1.54, 1.807) is 6.26 Å². The average molecular weight is 362 g/mol. The van der Waals surface area contributed by atoms with Crippen molar-refractivity contribution in [1.29, 1.82) is 0 Å². The molecule has 1 spiro atoms. The molecule has 1 fully saturated rings. The van der Waals surface area contributed by atoms with Crippen molar-refractivity contribution in [2.45, 2.75) is 95.7 Å². The lowest BCUT2D eigenvalue weighted by molar-refractivity contribution is -0.232. The largest absolute Gasteiger partial charge is 0.459 e. The Hall–Kier alpha value is -1.33. The Kier molecular flexibility index (Phi) is 4.86. The number of hydrogen-bond donors (Lipinski definition) is 0. The van der Waals surface area contributed by atoms with Gasteiger partial charge in [0.05, 0.1) is 24.5 Å². The summed E-state index contributed by atoms with van der Waals surface area (Å²) >= 11 is 0. The van der Waals surface area contributed by atoms with Crippen molar-refractivity contribution < 1.29 is 23.7 Å². The number of hydrogen-bond acceptors (Lipinski definition) is 5. The Morgan fingerprint density at radius 2 is 1.85 bits per heavy atom. The van der Waals surface area contributed by atoms with Gasteiger partial charge < -0.3 is 18.9 Å². The van der Waals surface area contributed by atoms with Crippen LogP contribution in [0.1, 0.15) is 78.1 Å². The van der Waals surface area contributed by atoms with Crippen LogP contribution in [0.2, 0.25) is 0 Å². The van der Waals surface area contributed by atoms with Crippen molar-refractivity contribution in [3.8, 4) is 0 Å². The number of carbonyl (C=O) groups is 1. The lowest BCUT2D eigenvalue weighted by Gasteiger charge is -2.39. The summed E-state index contributed by atoms with van der Waals surface area (Å²) in [6.07, 6.45) is 11.3. The van der Waals surface area contributed by atoms with Crippen LogP contribution in [0.25, 0.3) is 0 Å². The molecule has 0 radical (unpaired) electrons. The highest BCUT2D eigenvalue weighted by Gasteiger charge is 2.42. The SMILES string of the molecule is CC1(C)OCC2=C(CCCC2)C(CC2=COC3(CCCCC3)OC2=O)O1. The van der Waals surface area contributed by atoms with E-state index in [4.69, 9.17) is 18.9 Å². The summed E-state index contributed by atoms with van der Waals surface area (Å²) in [4.78, 5) is 12.7. The average Bonchev–Trinajstić information content (AvgIpc) is 2.75. The summed E-state index contributed by atoms with van der Waals surface area (Å²) in [7, 11) is 0. The second-order valence-electron chi connectivity index (χ2n) is 8.46. The van der Waals surface area contributed by atoms with Gasteiger partial charge in [0.2, 0.25) is 0 Å². The maximum Gasteiger partial charge on any atom is 0.340 e. The molecule has 4 rings (SSSR count). The summed E-state index contributed by atoms with van der Waals surface area (Å²) in [6, 6.07) is 0. The van der Waals surface area contributed by atoms with E-state index in [-0.39, 0.29) is 12.1 Å². The van der Waals surface area contributed by atoms with E-state index in [2.05, 4.69) is 0 Å². The van der Waals surface area contributed by atoms with E-state index in [1.807, 2.05) is 13.8 Å². The van der Waals surface area contributed by atoms with Gasteiger partial charge in [0, 0.05) is 19.3 Å². The normalized spacial score (nSPS) is 30.8. The Labute approximate surface area is 155 Å². The number of rotatable bonds is 2. The summed E-state index contributed by atoms with van der Waals surface area (Å²) in [5, 5.41) is 0. The highest BCUT2D eigenvalue weighted by Crippen LogP contribution is 2.40. The third-order valence-electron chi connectivity index (χ3n) is 6.02. The second kappa shape index (κ2) is 7.01. The molecular formula is C21H30O5. The fourth-order valence-electron chi connectivity index (χ4n) is 4.54. The minimum atomic E-state index is -0.721. The molecule has 144 valence electrons. The van der Waals surface area contributed by atoms with Gasteiger partial charge in [-0.15, -0.1) is 0 Å². The number of carbonyl (C=O) groups excluding carboxylic acids is 1. The molecule has 2 heterocycles. The van der Waals surface area contributed by atoms with Crippen molar-refractivity contribution in [1.82, 2.24) is 0 Å². The van der Waals surface area contributed by atoms with E-state index < -0.39 is 11.6 Å². The highest BCUT2D eigenvalue weighted by atomic mass is 16.7. The molecule has 2 aliphatic carbocycles. The molecule has 1 atom stereocenters. The maximum absolute atomic E-state index is 12.7. The molecule has 0 aromatic heterocycles. The van der Waals surface area contributed by atoms with Crippen molar-refractivity contribution >= 4 is 5.97 Å². The number of ether oxygens (including phenoxy) is 4. The summed E-state index contributed by atoms with van der Waals surface area (Å²) in [5.74, 6) is -1.63. The lowest BCUT2D eigenvalue weighted by atomic mass is 9.86. The molecule has 5 heteroatoms. The first-order valence-corrected chi connectivity index (χ1v) is 10.1. The zero-order valence-electron chi connectivity index (χ0n) is 16.0. The van der Waals surface area contributed by atoms with Crippen molar-refractivity contribution in [3.05, 3.63) is 23.0 Å². The van der Waals surface area contributed by atoms with E-state index >= 15 is 0 Å². The first kappa shape index (κ1) is 18.1. The van der Waals surface area contributed by atoms with Gasteiger partial charge in [-0.25, -0.2) is 4.79 Å². The van der Waals surface area contributed by atoms with E-state index in [0.29, 0.717) is 18.6 Å². The van der Waals surface area contributed by atoms with Gasteiger partial charge >= 0.3 is 5.97 Å². The van der Waals surface area contributed by atoms with Crippen LogP contribution in [0.4, 0.5) is 0 Å². The molecule has 0 aromatic carbocycles. The van der Waals surface area contributed by atoms with Crippen LogP contribution in [0, 0.1) is 0 Å². The van der Waals surface area contributed by atoms with Crippen LogP contribution in [0.5, 0.6) is 0 Å². The quantitative estimate of drug-likeness (QED) is 0.534. The summed E-state index contributed by atoms with van der Waals surface area (Å²) < 4.78 is 23.9. The maximum atomic E-state index is 12.7. The zero-order valence-corrected chi connectivity index (χ0v) is 16.0.